The molecule has 0 aliphatic carbocycles. The van der Waals surface area contributed by atoms with Crippen LogP contribution in [0.15, 0.2) is 36.4 Å². The predicted octanol–water partition coefficient (Wildman–Crippen LogP) is 5.05. The molecule has 1 aromatic heterocycles. The van der Waals surface area contributed by atoms with Crippen molar-refractivity contribution < 1.29 is 26.0 Å². The molecule has 180 valence electrons. The number of anilines is 2. The Labute approximate surface area is 193 Å². The Bertz CT molecular complexity index is 1420. The molecule has 0 bridgehead atoms. The van der Waals surface area contributed by atoms with Gasteiger partial charge in [0.1, 0.15) is 17.5 Å². The fraction of sp³-hybridized carbons (Fsp3) is 0.304. The SMILES string of the molecule is Cc1nc(N[C@H](C)c2cc(N)cc(C(F)(F)F)c2F)c2cc(C3=CCS(=O)(=O)CC3)ccc2n1. The molecular formula is C23H22F4N4O2S. The third-order valence-electron chi connectivity index (χ3n) is 5.69. The van der Waals surface area contributed by atoms with Gasteiger partial charge >= 0.3 is 6.18 Å². The minimum atomic E-state index is -4.89. The zero-order valence-electron chi connectivity index (χ0n) is 18.4. The lowest BCUT2D eigenvalue weighted by Crippen LogP contribution is -2.16. The summed E-state index contributed by atoms with van der Waals surface area (Å²) in [5.74, 6) is -0.646. The number of aromatic nitrogens is 2. The second kappa shape index (κ2) is 8.53. The van der Waals surface area contributed by atoms with E-state index in [9.17, 15) is 26.0 Å². The van der Waals surface area contributed by atoms with Crippen LogP contribution in [-0.4, -0.2) is 29.9 Å². The van der Waals surface area contributed by atoms with Gasteiger partial charge in [-0.1, -0.05) is 12.1 Å². The molecule has 0 amide bonds. The standard InChI is InChI=1S/C23H22F4N4O2S/c1-12(17-10-16(28)11-19(21(17)24)23(25,26)27)29-22-18-9-15(3-4-20(18)30-13(2)31-22)14-5-7-34(32,33)8-6-14/h3-5,9-12H,6-8,28H2,1-2H3,(H,29,30,31)/t12-/m1/s1. The number of rotatable bonds is 4. The Hall–Kier alpha value is -3.21. The number of hydrogen-bond donors (Lipinski definition) is 2. The smallest absolute Gasteiger partial charge is 0.399 e. The number of sulfone groups is 1. The molecule has 0 radical (unpaired) electrons. The first-order chi connectivity index (χ1) is 15.8. The molecule has 0 unspecified atom stereocenters. The number of allylic oxidation sites excluding steroid dienone is 1. The summed E-state index contributed by atoms with van der Waals surface area (Å²) < 4.78 is 78.0. The Morgan fingerprint density at radius 1 is 1.15 bits per heavy atom. The Balaban J connectivity index is 1.75. The number of alkyl halides is 3. The molecule has 4 rings (SSSR count). The summed E-state index contributed by atoms with van der Waals surface area (Å²) in [7, 11) is -3.09. The van der Waals surface area contributed by atoms with Gasteiger partial charge in [-0.3, -0.25) is 0 Å². The summed E-state index contributed by atoms with van der Waals surface area (Å²) >= 11 is 0. The van der Waals surface area contributed by atoms with Crippen molar-refractivity contribution in [1.29, 1.82) is 0 Å². The molecular weight excluding hydrogens is 472 g/mol. The number of halogens is 4. The van der Waals surface area contributed by atoms with E-state index < -0.39 is 33.4 Å². The van der Waals surface area contributed by atoms with Crippen LogP contribution in [-0.2, 0) is 16.0 Å². The van der Waals surface area contributed by atoms with E-state index in [2.05, 4.69) is 15.3 Å². The van der Waals surface area contributed by atoms with Crippen molar-refractivity contribution in [2.45, 2.75) is 32.5 Å². The zero-order valence-corrected chi connectivity index (χ0v) is 19.2. The minimum absolute atomic E-state index is 0.0385. The van der Waals surface area contributed by atoms with Gasteiger partial charge in [0, 0.05) is 16.6 Å². The van der Waals surface area contributed by atoms with Gasteiger partial charge in [-0.2, -0.15) is 13.2 Å². The molecule has 1 atom stereocenters. The van der Waals surface area contributed by atoms with Gasteiger partial charge in [0.05, 0.1) is 28.6 Å². The number of nitrogens with zero attached hydrogens (tertiary/aromatic N) is 2. The first-order valence-electron chi connectivity index (χ1n) is 10.4. The molecule has 3 aromatic rings. The van der Waals surface area contributed by atoms with E-state index in [1.165, 1.54) is 6.92 Å². The van der Waals surface area contributed by atoms with Crippen LogP contribution in [0.1, 0.15) is 41.9 Å². The lowest BCUT2D eigenvalue weighted by molar-refractivity contribution is -0.140. The number of fused-ring (bicyclic) bond motifs is 1. The van der Waals surface area contributed by atoms with Crippen LogP contribution < -0.4 is 11.1 Å². The van der Waals surface area contributed by atoms with Gasteiger partial charge in [-0.15, -0.1) is 0 Å². The van der Waals surface area contributed by atoms with Gasteiger partial charge in [-0.25, -0.2) is 22.8 Å². The highest BCUT2D eigenvalue weighted by Crippen LogP contribution is 2.37. The first kappa shape index (κ1) is 23.9. The van der Waals surface area contributed by atoms with Gasteiger partial charge in [0.25, 0.3) is 0 Å². The minimum Gasteiger partial charge on any atom is -0.399 e. The average molecular weight is 495 g/mol. The van der Waals surface area contributed by atoms with Crippen molar-refractivity contribution in [3.8, 4) is 0 Å². The van der Waals surface area contributed by atoms with Crippen molar-refractivity contribution in [1.82, 2.24) is 9.97 Å². The van der Waals surface area contributed by atoms with Crippen molar-refractivity contribution in [2.75, 3.05) is 22.6 Å². The Kier molecular flexibility index (Phi) is 6.01. The fourth-order valence-corrected chi connectivity index (χ4v) is 5.12. The zero-order chi connectivity index (χ0) is 24.8. The van der Waals surface area contributed by atoms with E-state index in [4.69, 9.17) is 5.73 Å². The molecule has 0 fully saturated rings. The molecule has 0 saturated heterocycles. The highest BCUT2D eigenvalue weighted by Gasteiger charge is 2.36. The third-order valence-corrected chi connectivity index (χ3v) is 7.19. The molecule has 0 spiro atoms. The number of nitrogens with two attached hydrogens (primary N) is 1. The van der Waals surface area contributed by atoms with Crippen LogP contribution in [0.5, 0.6) is 0 Å². The molecule has 0 saturated carbocycles. The molecule has 1 aliphatic heterocycles. The van der Waals surface area contributed by atoms with Crippen LogP contribution in [0.2, 0.25) is 0 Å². The number of aryl methyl sites for hydroxylation is 1. The summed E-state index contributed by atoms with van der Waals surface area (Å²) in [6, 6.07) is 6.23. The second-order valence-corrected chi connectivity index (χ2v) is 10.5. The summed E-state index contributed by atoms with van der Waals surface area (Å²) in [6.45, 7) is 3.18. The van der Waals surface area contributed by atoms with Gasteiger partial charge in [0.2, 0.25) is 0 Å². The first-order valence-corrected chi connectivity index (χ1v) is 12.3. The topological polar surface area (TPSA) is 98.0 Å². The normalized spacial score (nSPS) is 16.8. The second-order valence-electron chi connectivity index (χ2n) is 8.28. The Morgan fingerprint density at radius 3 is 2.53 bits per heavy atom. The van der Waals surface area contributed by atoms with Crippen LogP contribution in [0.4, 0.5) is 29.1 Å². The van der Waals surface area contributed by atoms with Crippen LogP contribution in [0.25, 0.3) is 16.5 Å². The van der Waals surface area contributed by atoms with E-state index in [1.54, 1.807) is 25.1 Å². The molecule has 2 heterocycles. The number of hydrogen-bond acceptors (Lipinski definition) is 6. The van der Waals surface area contributed by atoms with Crippen LogP contribution >= 0.6 is 0 Å². The quantitative estimate of drug-likeness (QED) is 0.389. The summed E-state index contributed by atoms with van der Waals surface area (Å²) in [6.07, 6.45) is -2.84. The van der Waals surface area contributed by atoms with E-state index in [-0.39, 0.29) is 22.8 Å². The highest BCUT2D eigenvalue weighted by molar-refractivity contribution is 7.91. The highest BCUT2D eigenvalue weighted by atomic mass is 32.2. The molecule has 3 N–H and O–H groups in total. The predicted molar refractivity (Wildman–Crippen MR) is 123 cm³/mol. The number of nitrogen functional groups attached to an aromatic ring is 1. The van der Waals surface area contributed by atoms with Gasteiger partial charge < -0.3 is 11.1 Å². The molecule has 1 aliphatic rings. The number of benzene rings is 2. The lowest BCUT2D eigenvalue weighted by atomic mass is 10.00. The molecule has 6 nitrogen and oxygen atoms in total. The number of nitrogens with one attached hydrogen (secondary N) is 1. The van der Waals surface area contributed by atoms with Crippen molar-refractivity contribution in [2.24, 2.45) is 0 Å². The van der Waals surface area contributed by atoms with Gasteiger partial charge in [-0.05, 0) is 55.7 Å². The Morgan fingerprint density at radius 2 is 1.88 bits per heavy atom. The summed E-state index contributed by atoms with van der Waals surface area (Å²) in [5.41, 5.74) is 5.99. The van der Waals surface area contributed by atoms with Crippen molar-refractivity contribution >= 4 is 37.8 Å². The summed E-state index contributed by atoms with van der Waals surface area (Å²) in [5, 5.41) is 3.58. The van der Waals surface area contributed by atoms with Crippen LogP contribution in [0.3, 0.4) is 0 Å². The van der Waals surface area contributed by atoms with Crippen molar-refractivity contribution in [3.05, 3.63) is 64.7 Å². The van der Waals surface area contributed by atoms with E-state index in [0.29, 0.717) is 35.0 Å². The lowest BCUT2D eigenvalue weighted by Gasteiger charge is -2.20. The fourth-order valence-electron chi connectivity index (χ4n) is 3.97. The summed E-state index contributed by atoms with van der Waals surface area (Å²) in [4.78, 5) is 8.78. The maximum absolute atomic E-state index is 14.8. The van der Waals surface area contributed by atoms with E-state index >= 15 is 0 Å². The monoisotopic (exact) mass is 494 g/mol. The average Bonchev–Trinajstić information content (AvgIpc) is 2.74. The van der Waals surface area contributed by atoms with E-state index in [0.717, 1.165) is 17.2 Å². The molecule has 34 heavy (non-hydrogen) atoms. The largest absolute Gasteiger partial charge is 0.419 e. The maximum Gasteiger partial charge on any atom is 0.419 e. The van der Waals surface area contributed by atoms with Crippen molar-refractivity contribution in [3.63, 3.8) is 0 Å². The van der Waals surface area contributed by atoms with Crippen LogP contribution in [0, 0.1) is 12.7 Å². The maximum atomic E-state index is 14.8. The van der Waals surface area contributed by atoms with Gasteiger partial charge in [0.15, 0.2) is 9.84 Å². The molecule has 11 heteroatoms. The third kappa shape index (κ3) is 4.84. The van der Waals surface area contributed by atoms with E-state index in [1.807, 2.05) is 6.07 Å². The molecule has 2 aromatic carbocycles.